The molecule has 0 aromatic rings. The second-order valence-electron chi connectivity index (χ2n) is 5.59. The fraction of sp³-hybridized carbons (Fsp3) is 0.867. The smallest absolute Gasteiger partial charge is 0.221 e. The standard InChI is InChI=1S/C15H32N4O/c1-6-13(4)19-14(20)9-11-18-15(16-5)17-10-7-8-12(2)3/h12-13H,6-11H2,1-5H3,(H,19,20)(H2,16,17,18). The maximum absolute atomic E-state index is 11.6. The monoisotopic (exact) mass is 284 g/mol. The Labute approximate surface area is 124 Å². The second kappa shape index (κ2) is 11.6. The molecular weight excluding hydrogens is 252 g/mol. The molecule has 1 unspecified atom stereocenters. The molecule has 0 rings (SSSR count). The molecule has 0 saturated carbocycles. The van der Waals surface area contributed by atoms with Gasteiger partial charge in [-0.3, -0.25) is 9.79 Å². The lowest BCUT2D eigenvalue weighted by Gasteiger charge is -2.14. The Morgan fingerprint density at radius 3 is 2.35 bits per heavy atom. The van der Waals surface area contributed by atoms with Crippen molar-refractivity contribution in [3.8, 4) is 0 Å². The number of nitrogens with zero attached hydrogens (tertiary/aromatic N) is 1. The zero-order valence-electron chi connectivity index (χ0n) is 13.8. The Morgan fingerprint density at radius 1 is 1.15 bits per heavy atom. The third-order valence-electron chi connectivity index (χ3n) is 3.14. The second-order valence-corrected chi connectivity index (χ2v) is 5.59. The van der Waals surface area contributed by atoms with Gasteiger partial charge in [0.25, 0.3) is 0 Å². The number of carbonyl (C=O) groups is 1. The van der Waals surface area contributed by atoms with Gasteiger partial charge in [-0.05, 0) is 32.1 Å². The predicted molar refractivity (Wildman–Crippen MR) is 85.9 cm³/mol. The van der Waals surface area contributed by atoms with E-state index in [1.165, 1.54) is 6.42 Å². The molecule has 5 heteroatoms. The normalized spacial score (nSPS) is 13.2. The minimum atomic E-state index is 0.0853. The molecule has 0 aromatic carbocycles. The SMILES string of the molecule is CCC(C)NC(=O)CCNC(=NC)NCCCC(C)C. The number of amides is 1. The molecule has 0 aliphatic heterocycles. The molecule has 0 aliphatic carbocycles. The zero-order chi connectivity index (χ0) is 15.4. The predicted octanol–water partition coefficient (Wildman–Crippen LogP) is 1.89. The van der Waals surface area contributed by atoms with Crippen molar-refractivity contribution in [3.05, 3.63) is 0 Å². The van der Waals surface area contributed by atoms with Gasteiger partial charge in [0.15, 0.2) is 5.96 Å². The van der Waals surface area contributed by atoms with E-state index in [-0.39, 0.29) is 11.9 Å². The molecule has 0 fully saturated rings. The molecule has 1 amide bonds. The number of aliphatic imine (C=N–C) groups is 1. The molecule has 0 radical (unpaired) electrons. The van der Waals surface area contributed by atoms with E-state index >= 15 is 0 Å². The lowest BCUT2D eigenvalue weighted by atomic mass is 10.1. The Hall–Kier alpha value is -1.26. The van der Waals surface area contributed by atoms with Gasteiger partial charge in [0.05, 0.1) is 0 Å². The van der Waals surface area contributed by atoms with Crippen LogP contribution >= 0.6 is 0 Å². The van der Waals surface area contributed by atoms with E-state index in [2.05, 4.69) is 41.7 Å². The Bertz CT molecular complexity index is 290. The van der Waals surface area contributed by atoms with Gasteiger partial charge < -0.3 is 16.0 Å². The Kier molecular flexibility index (Phi) is 10.8. The van der Waals surface area contributed by atoms with E-state index < -0.39 is 0 Å². The van der Waals surface area contributed by atoms with Crippen LogP contribution in [-0.2, 0) is 4.79 Å². The fourth-order valence-electron chi connectivity index (χ4n) is 1.68. The van der Waals surface area contributed by atoms with Crippen LogP contribution in [0.2, 0.25) is 0 Å². The van der Waals surface area contributed by atoms with Gasteiger partial charge in [0.1, 0.15) is 0 Å². The largest absolute Gasteiger partial charge is 0.356 e. The van der Waals surface area contributed by atoms with E-state index in [9.17, 15) is 4.79 Å². The summed E-state index contributed by atoms with van der Waals surface area (Å²) in [5, 5.41) is 9.36. The molecule has 0 saturated heterocycles. The quantitative estimate of drug-likeness (QED) is 0.344. The van der Waals surface area contributed by atoms with Crippen molar-refractivity contribution in [2.45, 2.75) is 59.4 Å². The van der Waals surface area contributed by atoms with Gasteiger partial charge in [-0.1, -0.05) is 20.8 Å². The number of rotatable bonds is 9. The number of hydrogen-bond donors (Lipinski definition) is 3. The van der Waals surface area contributed by atoms with Crippen LogP contribution in [0.1, 0.15) is 53.4 Å². The molecule has 0 aromatic heterocycles. The van der Waals surface area contributed by atoms with Gasteiger partial charge in [-0.15, -0.1) is 0 Å². The van der Waals surface area contributed by atoms with Crippen LogP contribution < -0.4 is 16.0 Å². The average molecular weight is 284 g/mol. The minimum absolute atomic E-state index is 0.0853. The summed E-state index contributed by atoms with van der Waals surface area (Å²) in [5.74, 6) is 1.59. The summed E-state index contributed by atoms with van der Waals surface area (Å²) in [4.78, 5) is 15.7. The summed E-state index contributed by atoms with van der Waals surface area (Å²) in [6, 6.07) is 0.246. The van der Waals surface area contributed by atoms with Crippen molar-refractivity contribution in [3.63, 3.8) is 0 Å². The van der Waals surface area contributed by atoms with Crippen molar-refractivity contribution < 1.29 is 4.79 Å². The molecule has 5 nitrogen and oxygen atoms in total. The number of hydrogen-bond acceptors (Lipinski definition) is 2. The first-order valence-corrected chi connectivity index (χ1v) is 7.73. The van der Waals surface area contributed by atoms with Gasteiger partial charge in [0, 0.05) is 32.6 Å². The van der Waals surface area contributed by atoms with Crippen LogP contribution in [0.3, 0.4) is 0 Å². The highest BCUT2D eigenvalue weighted by atomic mass is 16.1. The summed E-state index contributed by atoms with van der Waals surface area (Å²) in [6.45, 7) is 10.0. The lowest BCUT2D eigenvalue weighted by molar-refractivity contribution is -0.121. The van der Waals surface area contributed by atoms with E-state index in [0.29, 0.717) is 13.0 Å². The highest BCUT2D eigenvalue weighted by molar-refractivity contribution is 5.81. The Morgan fingerprint density at radius 2 is 1.80 bits per heavy atom. The van der Waals surface area contributed by atoms with Crippen molar-refractivity contribution in [2.24, 2.45) is 10.9 Å². The molecule has 0 bridgehead atoms. The van der Waals surface area contributed by atoms with Crippen LogP contribution in [0.5, 0.6) is 0 Å². The van der Waals surface area contributed by atoms with Crippen molar-refractivity contribution in [1.82, 2.24) is 16.0 Å². The molecule has 1 atom stereocenters. The first-order valence-electron chi connectivity index (χ1n) is 7.73. The van der Waals surface area contributed by atoms with Gasteiger partial charge >= 0.3 is 0 Å². The van der Waals surface area contributed by atoms with Crippen LogP contribution in [0.4, 0.5) is 0 Å². The van der Waals surface area contributed by atoms with Gasteiger partial charge in [-0.25, -0.2) is 0 Å². The van der Waals surface area contributed by atoms with Gasteiger partial charge in [0.2, 0.25) is 5.91 Å². The molecular formula is C15H32N4O. The van der Waals surface area contributed by atoms with Crippen molar-refractivity contribution >= 4 is 11.9 Å². The summed E-state index contributed by atoms with van der Waals surface area (Å²) in [7, 11) is 1.75. The van der Waals surface area contributed by atoms with Crippen LogP contribution in [-0.4, -0.2) is 38.0 Å². The van der Waals surface area contributed by atoms with E-state index in [0.717, 1.165) is 31.3 Å². The number of nitrogens with one attached hydrogen (secondary N) is 3. The molecule has 0 heterocycles. The Balaban J connectivity index is 3.72. The molecule has 0 aliphatic rings. The molecule has 118 valence electrons. The van der Waals surface area contributed by atoms with Crippen molar-refractivity contribution in [1.29, 1.82) is 0 Å². The van der Waals surface area contributed by atoms with Crippen molar-refractivity contribution in [2.75, 3.05) is 20.1 Å². The minimum Gasteiger partial charge on any atom is -0.356 e. The lowest BCUT2D eigenvalue weighted by Crippen LogP contribution is -2.40. The maximum atomic E-state index is 11.6. The molecule has 3 N–H and O–H groups in total. The van der Waals surface area contributed by atoms with E-state index in [1.54, 1.807) is 7.05 Å². The third-order valence-corrected chi connectivity index (χ3v) is 3.14. The first-order chi connectivity index (χ1) is 9.49. The fourth-order valence-corrected chi connectivity index (χ4v) is 1.68. The van der Waals surface area contributed by atoms with Crippen LogP contribution in [0.25, 0.3) is 0 Å². The topological polar surface area (TPSA) is 65.5 Å². The van der Waals surface area contributed by atoms with E-state index in [1.807, 2.05) is 6.92 Å². The summed E-state index contributed by atoms with van der Waals surface area (Å²) < 4.78 is 0. The highest BCUT2D eigenvalue weighted by Crippen LogP contribution is 2.01. The van der Waals surface area contributed by atoms with E-state index in [4.69, 9.17) is 0 Å². The number of guanidine groups is 1. The highest BCUT2D eigenvalue weighted by Gasteiger charge is 2.05. The molecule has 0 spiro atoms. The van der Waals surface area contributed by atoms with Crippen LogP contribution in [0, 0.1) is 5.92 Å². The van der Waals surface area contributed by atoms with Crippen LogP contribution in [0.15, 0.2) is 4.99 Å². The summed E-state index contributed by atoms with van der Waals surface area (Å²) >= 11 is 0. The zero-order valence-corrected chi connectivity index (χ0v) is 13.8. The first kappa shape index (κ1) is 18.7. The third kappa shape index (κ3) is 10.6. The summed E-state index contributed by atoms with van der Waals surface area (Å²) in [6.07, 6.45) is 3.77. The summed E-state index contributed by atoms with van der Waals surface area (Å²) in [5.41, 5.74) is 0. The maximum Gasteiger partial charge on any atom is 0.221 e. The average Bonchev–Trinajstić information content (AvgIpc) is 2.40. The number of carbonyl (C=O) groups excluding carboxylic acids is 1. The molecule has 20 heavy (non-hydrogen) atoms. The van der Waals surface area contributed by atoms with Gasteiger partial charge in [-0.2, -0.15) is 0 Å².